The Hall–Kier alpha value is -2.88. The van der Waals surface area contributed by atoms with Gasteiger partial charge >= 0.3 is 6.03 Å². The van der Waals surface area contributed by atoms with Crippen LogP contribution in [0.4, 0.5) is 22.2 Å². The number of urea groups is 1. The molecule has 1 N–H and O–H groups in total. The molecule has 2 heterocycles. The van der Waals surface area contributed by atoms with Crippen molar-refractivity contribution in [3.05, 3.63) is 75.9 Å². The van der Waals surface area contributed by atoms with E-state index in [1.54, 1.807) is 18.2 Å². The molecule has 31 heavy (non-hydrogen) atoms. The van der Waals surface area contributed by atoms with Crippen LogP contribution in [0.15, 0.2) is 54.7 Å². The van der Waals surface area contributed by atoms with Crippen molar-refractivity contribution in [2.45, 2.75) is 13.1 Å². The van der Waals surface area contributed by atoms with E-state index in [2.05, 4.69) is 14.7 Å². The van der Waals surface area contributed by atoms with Crippen LogP contribution in [0, 0.1) is 0 Å². The number of anilines is 3. The summed E-state index contributed by atoms with van der Waals surface area (Å²) in [6.45, 7) is 0.336. The SMILES string of the molecule is CS(=O)(=O)Nc1ncc2c(n1)N(Cc1ccccc1)C(=O)N(c1c(Cl)cccc1Cl)C2. The van der Waals surface area contributed by atoms with Gasteiger partial charge in [-0.05, 0) is 17.7 Å². The number of carbonyl (C=O) groups is 1. The first-order valence-corrected chi connectivity index (χ1v) is 11.8. The Morgan fingerprint density at radius 1 is 1.06 bits per heavy atom. The summed E-state index contributed by atoms with van der Waals surface area (Å²) >= 11 is 12.7. The van der Waals surface area contributed by atoms with Crippen molar-refractivity contribution in [3.63, 3.8) is 0 Å². The second-order valence-corrected chi connectivity index (χ2v) is 9.49. The Bertz CT molecular complexity index is 1230. The van der Waals surface area contributed by atoms with E-state index >= 15 is 0 Å². The maximum atomic E-state index is 13.5. The normalized spacial score (nSPS) is 13.8. The molecule has 0 aliphatic carbocycles. The van der Waals surface area contributed by atoms with Crippen LogP contribution >= 0.6 is 23.2 Å². The summed E-state index contributed by atoms with van der Waals surface area (Å²) < 4.78 is 25.5. The average molecular weight is 478 g/mol. The van der Waals surface area contributed by atoms with Crippen molar-refractivity contribution < 1.29 is 13.2 Å². The predicted octanol–water partition coefficient (Wildman–Crippen LogP) is 4.30. The van der Waals surface area contributed by atoms with Gasteiger partial charge in [0, 0.05) is 11.8 Å². The van der Waals surface area contributed by atoms with Crippen LogP contribution in [-0.4, -0.2) is 30.7 Å². The molecule has 0 unspecified atom stereocenters. The second kappa shape index (κ2) is 8.33. The monoisotopic (exact) mass is 477 g/mol. The van der Waals surface area contributed by atoms with Gasteiger partial charge in [-0.15, -0.1) is 0 Å². The lowest BCUT2D eigenvalue weighted by molar-refractivity contribution is 0.249. The van der Waals surface area contributed by atoms with Crippen molar-refractivity contribution in [2.75, 3.05) is 20.8 Å². The number of carbonyl (C=O) groups excluding carboxylic acids is 1. The summed E-state index contributed by atoms with van der Waals surface area (Å²) in [5.74, 6) is 0.200. The number of nitrogens with one attached hydrogen (secondary N) is 1. The molecule has 2 aromatic carbocycles. The fourth-order valence-electron chi connectivity index (χ4n) is 3.26. The van der Waals surface area contributed by atoms with Crippen LogP contribution in [-0.2, 0) is 23.1 Å². The van der Waals surface area contributed by atoms with Crippen LogP contribution in [0.3, 0.4) is 0 Å². The van der Waals surface area contributed by atoms with Crippen molar-refractivity contribution in [3.8, 4) is 0 Å². The minimum absolute atomic E-state index is 0.115. The number of fused-ring (bicyclic) bond motifs is 1. The minimum Gasteiger partial charge on any atom is -0.286 e. The molecule has 0 radical (unpaired) electrons. The molecule has 0 bridgehead atoms. The van der Waals surface area contributed by atoms with Gasteiger partial charge in [0.2, 0.25) is 16.0 Å². The summed E-state index contributed by atoms with van der Waals surface area (Å²) in [4.78, 5) is 24.8. The van der Waals surface area contributed by atoms with Crippen LogP contribution in [0.2, 0.25) is 10.0 Å². The van der Waals surface area contributed by atoms with Crippen molar-refractivity contribution in [1.82, 2.24) is 9.97 Å². The third kappa shape index (κ3) is 4.58. The lowest BCUT2D eigenvalue weighted by Gasteiger charge is -2.36. The number of para-hydroxylation sites is 1. The third-order valence-electron chi connectivity index (χ3n) is 4.56. The van der Waals surface area contributed by atoms with E-state index in [9.17, 15) is 13.2 Å². The van der Waals surface area contributed by atoms with E-state index in [0.717, 1.165) is 11.8 Å². The highest BCUT2D eigenvalue weighted by Crippen LogP contribution is 2.39. The third-order valence-corrected chi connectivity index (χ3v) is 5.72. The zero-order chi connectivity index (χ0) is 22.2. The van der Waals surface area contributed by atoms with Gasteiger partial charge in [0.05, 0.1) is 35.1 Å². The van der Waals surface area contributed by atoms with E-state index in [1.807, 2.05) is 30.3 Å². The van der Waals surface area contributed by atoms with E-state index < -0.39 is 16.1 Å². The number of amides is 2. The van der Waals surface area contributed by atoms with Gasteiger partial charge in [0.1, 0.15) is 5.82 Å². The smallest absolute Gasteiger partial charge is 0.286 e. The highest BCUT2D eigenvalue weighted by Gasteiger charge is 2.35. The average Bonchev–Trinajstić information content (AvgIpc) is 2.70. The molecule has 11 heteroatoms. The standard InChI is InChI=1S/C20H17Cl2N5O3S/c1-31(29,30)25-19-23-10-14-12-26(17-15(21)8-5-9-16(17)22)20(28)27(18(14)24-19)11-13-6-3-2-4-7-13/h2-10H,11-12H2,1H3,(H,23,24,25). The largest absolute Gasteiger partial charge is 0.330 e. The Morgan fingerprint density at radius 3 is 2.39 bits per heavy atom. The highest BCUT2D eigenvalue weighted by molar-refractivity contribution is 7.91. The molecule has 0 saturated heterocycles. The van der Waals surface area contributed by atoms with E-state index in [0.29, 0.717) is 27.1 Å². The molecule has 1 aliphatic heterocycles. The van der Waals surface area contributed by atoms with Gasteiger partial charge in [-0.2, -0.15) is 4.98 Å². The van der Waals surface area contributed by atoms with Crippen molar-refractivity contribution in [1.29, 1.82) is 0 Å². The van der Waals surface area contributed by atoms with Gasteiger partial charge in [-0.1, -0.05) is 59.6 Å². The summed E-state index contributed by atoms with van der Waals surface area (Å²) in [6, 6.07) is 14.0. The van der Waals surface area contributed by atoms with Gasteiger partial charge in [0.15, 0.2) is 0 Å². The summed E-state index contributed by atoms with van der Waals surface area (Å²) in [5, 5.41) is 0.667. The van der Waals surface area contributed by atoms with Crippen LogP contribution in [0.25, 0.3) is 0 Å². The number of aromatic nitrogens is 2. The van der Waals surface area contributed by atoms with Crippen LogP contribution in [0.1, 0.15) is 11.1 Å². The van der Waals surface area contributed by atoms with Gasteiger partial charge < -0.3 is 0 Å². The summed E-state index contributed by atoms with van der Waals surface area (Å²) in [7, 11) is -3.58. The first-order valence-electron chi connectivity index (χ1n) is 9.13. The number of rotatable bonds is 5. The summed E-state index contributed by atoms with van der Waals surface area (Å²) in [6.07, 6.45) is 2.49. The topological polar surface area (TPSA) is 95.5 Å². The van der Waals surface area contributed by atoms with Crippen molar-refractivity contribution in [2.24, 2.45) is 0 Å². The lowest BCUT2D eigenvalue weighted by atomic mass is 10.1. The quantitative estimate of drug-likeness (QED) is 0.590. The van der Waals surface area contributed by atoms with E-state index in [4.69, 9.17) is 23.2 Å². The maximum absolute atomic E-state index is 13.5. The Labute approximate surface area is 189 Å². The Balaban J connectivity index is 1.82. The van der Waals surface area contributed by atoms with E-state index in [1.165, 1.54) is 16.0 Å². The predicted molar refractivity (Wildman–Crippen MR) is 121 cm³/mol. The molecule has 3 aromatic rings. The number of benzene rings is 2. The molecule has 0 atom stereocenters. The molecule has 0 spiro atoms. The van der Waals surface area contributed by atoms with Crippen LogP contribution in [0.5, 0.6) is 0 Å². The highest BCUT2D eigenvalue weighted by atomic mass is 35.5. The zero-order valence-electron chi connectivity index (χ0n) is 16.3. The van der Waals surface area contributed by atoms with E-state index in [-0.39, 0.29) is 19.0 Å². The number of halogens is 2. The zero-order valence-corrected chi connectivity index (χ0v) is 18.6. The van der Waals surface area contributed by atoms with Crippen molar-refractivity contribution >= 4 is 56.7 Å². The molecule has 2 amide bonds. The fraction of sp³-hybridized carbons (Fsp3) is 0.150. The first kappa shape index (κ1) is 21.4. The molecular formula is C20H17Cl2N5O3S. The van der Waals surface area contributed by atoms with Gasteiger partial charge in [0.25, 0.3) is 0 Å². The van der Waals surface area contributed by atoms with Gasteiger partial charge in [-0.3, -0.25) is 14.5 Å². The maximum Gasteiger partial charge on any atom is 0.330 e. The lowest BCUT2D eigenvalue weighted by Crippen LogP contribution is -2.47. The summed E-state index contributed by atoms with van der Waals surface area (Å²) in [5.41, 5.74) is 1.87. The molecule has 160 valence electrons. The molecular weight excluding hydrogens is 461 g/mol. The van der Waals surface area contributed by atoms with Gasteiger partial charge in [-0.25, -0.2) is 18.2 Å². The first-order chi connectivity index (χ1) is 14.7. The number of hydrogen-bond acceptors (Lipinski definition) is 5. The number of sulfonamides is 1. The molecule has 8 nitrogen and oxygen atoms in total. The number of nitrogens with zero attached hydrogens (tertiary/aromatic N) is 4. The molecule has 4 rings (SSSR count). The minimum atomic E-state index is -3.58. The molecule has 0 saturated carbocycles. The Morgan fingerprint density at radius 2 is 1.74 bits per heavy atom. The number of hydrogen-bond donors (Lipinski definition) is 1. The Kier molecular flexibility index (Phi) is 5.74. The second-order valence-electron chi connectivity index (χ2n) is 6.93. The fourth-order valence-corrected chi connectivity index (χ4v) is 4.29. The molecule has 1 aliphatic rings. The molecule has 1 aromatic heterocycles. The molecule has 0 fully saturated rings. The van der Waals surface area contributed by atoms with Crippen LogP contribution < -0.4 is 14.5 Å².